The Balaban J connectivity index is 1.50. The lowest BCUT2D eigenvalue weighted by molar-refractivity contribution is -0.112. The van der Waals surface area contributed by atoms with E-state index >= 15 is 0 Å². The number of nitrogens with one attached hydrogen (secondary N) is 3. The van der Waals surface area contributed by atoms with Gasteiger partial charge in [0.2, 0.25) is 0 Å². The Bertz CT molecular complexity index is 1080. The number of fused-ring (bicyclic) bond motifs is 1. The Morgan fingerprint density at radius 3 is 2.77 bits per heavy atom. The number of carbonyl (C=O) groups excluding carboxylic acids is 2. The largest absolute Gasteiger partial charge is 0.497 e. The monoisotopic (exact) mass is 401 g/mol. The van der Waals surface area contributed by atoms with E-state index in [1.807, 2.05) is 30.4 Å². The second-order valence-electron chi connectivity index (χ2n) is 7.07. The van der Waals surface area contributed by atoms with E-state index in [1.165, 1.54) is 5.56 Å². The van der Waals surface area contributed by atoms with Crippen molar-refractivity contribution in [2.75, 3.05) is 29.6 Å². The van der Waals surface area contributed by atoms with E-state index in [-0.39, 0.29) is 11.8 Å². The predicted molar refractivity (Wildman–Crippen MR) is 119 cm³/mol. The van der Waals surface area contributed by atoms with Crippen LogP contribution in [0.5, 0.6) is 0 Å². The number of methoxy groups -OCH3 is 1. The molecule has 2 aliphatic rings. The number of ether oxygens (including phenoxy) is 1. The van der Waals surface area contributed by atoms with Crippen molar-refractivity contribution in [3.8, 4) is 0 Å². The lowest BCUT2D eigenvalue weighted by Crippen LogP contribution is -2.19. The van der Waals surface area contributed by atoms with E-state index < -0.39 is 0 Å². The minimum atomic E-state index is -0.278. The third kappa shape index (κ3) is 4.27. The Labute approximate surface area is 175 Å². The zero-order chi connectivity index (χ0) is 20.9. The van der Waals surface area contributed by atoms with E-state index in [0.717, 1.165) is 18.7 Å². The third-order valence-electron chi connectivity index (χ3n) is 5.09. The van der Waals surface area contributed by atoms with Gasteiger partial charge in [0, 0.05) is 23.5 Å². The van der Waals surface area contributed by atoms with Crippen LogP contribution in [-0.2, 0) is 16.0 Å². The van der Waals surface area contributed by atoms with Gasteiger partial charge in [0.1, 0.15) is 5.76 Å². The molecule has 0 fully saturated rings. The van der Waals surface area contributed by atoms with Gasteiger partial charge in [-0.2, -0.15) is 0 Å². The number of hydrogen-bond acceptors (Lipinski definition) is 4. The molecule has 0 aromatic heterocycles. The average molecular weight is 401 g/mol. The zero-order valence-corrected chi connectivity index (χ0v) is 16.7. The Morgan fingerprint density at radius 1 is 1.03 bits per heavy atom. The number of anilines is 3. The first-order valence-electron chi connectivity index (χ1n) is 9.84. The van der Waals surface area contributed by atoms with E-state index in [9.17, 15) is 9.59 Å². The van der Waals surface area contributed by atoms with Crippen LogP contribution >= 0.6 is 0 Å². The summed E-state index contributed by atoms with van der Waals surface area (Å²) in [5, 5.41) is 9.09. The fraction of sp³-hybridized carbons (Fsp3) is 0.167. The molecule has 0 bridgehead atoms. The van der Waals surface area contributed by atoms with Crippen molar-refractivity contribution in [1.29, 1.82) is 0 Å². The number of para-hydroxylation sites is 1. The summed E-state index contributed by atoms with van der Waals surface area (Å²) in [5.41, 5.74) is 4.45. The average Bonchev–Trinajstić information content (AvgIpc) is 3.08. The molecule has 6 nitrogen and oxygen atoms in total. The van der Waals surface area contributed by atoms with Crippen LogP contribution in [0.3, 0.4) is 0 Å². The van der Waals surface area contributed by atoms with Crippen molar-refractivity contribution in [1.82, 2.24) is 0 Å². The summed E-state index contributed by atoms with van der Waals surface area (Å²) in [6.07, 6.45) is 8.64. The molecule has 6 heteroatoms. The highest BCUT2D eigenvalue weighted by Crippen LogP contribution is 2.26. The van der Waals surface area contributed by atoms with Crippen molar-refractivity contribution in [3.05, 3.63) is 89.2 Å². The molecule has 2 aromatic rings. The van der Waals surface area contributed by atoms with Gasteiger partial charge in [-0.3, -0.25) is 9.59 Å². The van der Waals surface area contributed by atoms with Crippen LogP contribution in [-0.4, -0.2) is 25.5 Å². The predicted octanol–water partition coefficient (Wildman–Crippen LogP) is 4.26. The molecule has 4 rings (SSSR count). The van der Waals surface area contributed by atoms with Gasteiger partial charge >= 0.3 is 0 Å². The summed E-state index contributed by atoms with van der Waals surface area (Å²) in [7, 11) is 1.58. The van der Waals surface area contributed by atoms with Crippen molar-refractivity contribution < 1.29 is 14.3 Å². The van der Waals surface area contributed by atoms with Gasteiger partial charge in [-0.05, 0) is 60.9 Å². The lowest BCUT2D eigenvalue weighted by Gasteiger charge is -2.13. The van der Waals surface area contributed by atoms with Gasteiger partial charge in [-0.25, -0.2) is 0 Å². The fourth-order valence-corrected chi connectivity index (χ4v) is 3.47. The molecule has 30 heavy (non-hydrogen) atoms. The van der Waals surface area contributed by atoms with E-state index in [0.29, 0.717) is 34.7 Å². The molecule has 1 aliphatic carbocycles. The van der Waals surface area contributed by atoms with E-state index in [1.54, 1.807) is 43.5 Å². The molecule has 2 amide bonds. The SMILES string of the molecule is COC1=CC=C(C(=O)Nc2ccccc2C(=O)Nc2ccc3c(c2)NCC3)CC=C1. The standard InChI is InChI=1S/C24H23N3O3/c1-30-19-6-4-5-17(10-12-19)23(28)27-21-8-3-2-7-20(21)24(29)26-18-11-9-16-13-14-25-22(16)15-18/h2-4,6-12,15,25H,5,13-14H2,1H3,(H,26,29)(H,27,28). The first kappa shape index (κ1) is 19.5. The lowest BCUT2D eigenvalue weighted by atomic mass is 10.1. The summed E-state index contributed by atoms with van der Waals surface area (Å²) in [6, 6.07) is 12.8. The minimum Gasteiger partial charge on any atom is -0.497 e. The van der Waals surface area contributed by atoms with Crippen molar-refractivity contribution in [2.24, 2.45) is 0 Å². The molecule has 152 valence electrons. The Morgan fingerprint density at radius 2 is 1.90 bits per heavy atom. The second-order valence-corrected chi connectivity index (χ2v) is 7.07. The molecular formula is C24H23N3O3. The fourth-order valence-electron chi connectivity index (χ4n) is 3.47. The van der Waals surface area contributed by atoms with Gasteiger partial charge in [0.05, 0.1) is 18.4 Å². The van der Waals surface area contributed by atoms with Gasteiger partial charge in [0.15, 0.2) is 0 Å². The number of amides is 2. The summed E-state index contributed by atoms with van der Waals surface area (Å²) < 4.78 is 5.19. The van der Waals surface area contributed by atoms with Crippen LogP contribution in [0.25, 0.3) is 0 Å². The second kappa shape index (κ2) is 8.69. The smallest absolute Gasteiger partial charge is 0.257 e. The molecule has 0 saturated carbocycles. The summed E-state index contributed by atoms with van der Waals surface area (Å²) in [4.78, 5) is 25.6. The van der Waals surface area contributed by atoms with Crippen LogP contribution in [0.15, 0.2) is 78.1 Å². The first-order chi connectivity index (χ1) is 14.6. The highest BCUT2D eigenvalue weighted by atomic mass is 16.5. The molecule has 2 aromatic carbocycles. The maximum atomic E-state index is 12.9. The van der Waals surface area contributed by atoms with Crippen LogP contribution < -0.4 is 16.0 Å². The molecule has 1 aliphatic heterocycles. The van der Waals surface area contributed by atoms with Crippen LogP contribution in [0.4, 0.5) is 17.1 Å². The molecule has 0 saturated heterocycles. The summed E-state index contributed by atoms with van der Waals surface area (Å²) in [6.45, 7) is 0.910. The maximum Gasteiger partial charge on any atom is 0.257 e. The van der Waals surface area contributed by atoms with Crippen molar-refractivity contribution in [2.45, 2.75) is 12.8 Å². The van der Waals surface area contributed by atoms with Gasteiger partial charge in [-0.15, -0.1) is 0 Å². The topological polar surface area (TPSA) is 79.5 Å². The number of rotatable bonds is 5. The van der Waals surface area contributed by atoms with Gasteiger partial charge < -0.3 is 20.7 Å². The van der Waals surface area contributed by atoms with Gasteiger partial charge in [0.25, 0.3) is 11.8 Å². The number of hydrogen-bond donors (Lipinski definition) is 3. The van der Waals surface area contributed by atoms with Gasteiger partial charge in [-0.1, -0.05) is 24.3 Å². The molecule has 0 atom stereocenters. The van der Waals surface area contributed by atoms with E-state index in [2.05, 4.69) is 16.0 Å². The van der Waals surface area contributed by atoms with Crippen LogP contribution in [0.2, 0.25) is 0 Å². The quantitative estimate of drug-likeness (QED) is 0.699. The molecule has 0 spiro atoms. The van der Waals surface area contributed by atoms with Crippen LogP contribution in [0.1, 0.15) is 22.3 Å². The maximum absolute atomic E-state index is 12.9. The molecule has 0 radical (unpaired) electrons. The van der Waals surface area contributed by atoms with E-state index in [4.69, 9.17) is 4.74 Å². The highest BCUT2D eigenvalue weighted by Gasteiger charge is 2.17. The van der Waals surface area contributed by atoms with Crippen LogP contribution in [0, 0.1) is 0 Å². The molecule has 0 unspecified atom stereocenters. The minimum absolute atomic E-state index is 0.254. The number of carbonyl (C=O) groups is 2. The normalized spacial score (nSPS) is 14.6. The van der Waals surface area contributed by atoms with Crippen molar-refractivity contribution >= 4 is 28.9 Å². The summed E-state index contributed by atoms with van der Waals surface area (Å²) in [5.74, 6) is 0.150. The summed E-state index contributed by atoms with van der Waals surface area (Å²) >= 11 is 0. The highest BCUT2D eigenvalue weighted by molar-refractivity contribution is 6.12. The molecular weight excluding hydrogens is 378 g/mol. The third-order valence-corrected chi connectivity index (χ3v) is 5.09. The molecule has 1 heterocycles. The number of benzene rings is 2. The zero-order valence-electron chi connectivity index (χ0n) is 16.7. The van der Waals surface area contributed by atoms with Crippen molar-refractivity contribution in [3.63, 3.8) is 0 Å². The molecule has 3 N–H and O–H groups in total. The Hall–Kier alpha value is -3.80. The Kier molecular flexibility index (Phi) is 5.66. The first-order valence-corrected chi connectivity index (χ1v) is 9.84. The number of allylic oxidation sites excluding steroid dienone is 4.